The number of benzene rings is 1. The third-order valence-electron chi connectivity index (χ3n) is 4.11. The van der Waals surface area contributed by atoms with Crippen LogP contribution in [-0.4, -0.2) is 44.0 Å². The summed E-state index contributed by atoms with van der Waals surface area (Å²) in [7, 11) is 3.40. The molecule has 0 radical (unpaired) electrons. The molecule has 0 saturated carbocycles. The Morgan fingerprint density at radius 2 is 2.13 bits per heavy atom. The lowest BCUT2D eigenvalue weighted by molar-refractivity contribution is -0.135. The zero-order valence-electron chi connectivity index (χ0n) is 14.6. The second kappa shape index (κ2) is 7.02. The van der Waals surface area contributed by atoms with E-state index in [-0.39, 0.29) is 24.2 Å². The fourth-order valence-electron chi connectivity index (χ4n) is 3.07. The second-order valence-electron chi connectivity index (χ2n) is 6.69. The number of methoxy groups -OCH3 is 1. The Labute approximate surface area is 138 Å². The van der Waals surface area contributed by atoms with Gasteiger partial charge in [-0.3, -0.25) is 9.59 Å². The van der Waals surface area contributed by atoms with E-state index in [2.05, 4.69) is 13.8 Å². The van der Waals surface area contributed by atoms with Crippen molar-refractivity contribution < 1.29 is 14.3 Å². The third-order valence-corrected chi connectivity index (χ3v) is 4.11. The molecule has 5 heteroatoms. The second-order valence-corrected chi connectivity index (χ2v) is 6.69. The predicted molar refractivity (Wildman–Crippen MR) is 90.7 cm³/mol. The van der Waals surface area contributed by atoms with Crippen molar-refractivity contribution in [1.82, 2.24) is 4.90 Å². The van der Waals surface area contributed by atoms with Gasteiger partial charge in [-0.05, 0) is 30.5 Å². The normalized spacial score (nSPS) is 17.7. The third kappa shape index (κ3) is 3.84. The Morgan fingerprint density at radius 1 is 1.43 bits per heavy atom. The molecule has 2 amide bonds. The van der Waals surface area contributed by atoms with Gasteiger partial charge in [-0.15, -0.1) is 0 Å². The summed E-state index contributed by atoms with van der Waals surface area (Å²) in [4.78, 5) is 28.4. The van der Waals surface area contributed by atoms with Gasteiger partial charge in [0.2, 0.25) is 11.8 Å². The summed E-state index contributed by atoms with van der Waals surface area (Å²) in [6.45, 7) is 7.25. The Kier molecular flexibility index (Phi) is 5.29. The van der Waals surface area contributed by atoms with Gasteiger partial charge in [0.25, 0.3) is 0 Å². The fraction of sp³-hybridized carbons (Fsp3) is 0.556. The Morgan fingerprint density at radius 3 is 2.74 bits per heavy atom. The molecule has 1 atom stereocenters. The highest BCUT2D eigenvalue weighted by atomic mass is 16.5. The zero-order chi connectivity index (χ0) is 17.1. The molecule has 0 spiro atoms. The minimum Gasteiger partial charge on any atom is -0.495 e. The number of hydrogen-bond donors (Lipinski definition) is 0. The summed E-state index contributed by atoms with van der Waals surface area (Å²) in [5, 5.41) is 0. The van der Waals surface area contributed by atoms with Crippen molar-refractivity contribution >= 4 is 17.5 Å². The fourth-order valence-corrected chi connectivity index (χ4v) is 3.07. The largest absolute Gasteiger partial charge is 0.495 e. The maximum absolute atomic E-state index is 12.5. The van der Waals surface area contributed by atoms with Crippen LogP contribution in [0.2, 0.25) is 0 Å². The monoisotopic (exact) mass is 318 g/mol. The Balaban J connectivity index is 2.17. The lowest BCUT2D eigenvalue weighted by atomic mass is 10.1. The molecule has 0 aliphatic carbocycles. The molecule has 2 rings (SSSR count). The van der Waals surface area contributed by atoms with Gasteiger partial charge < -0.3 is 14.5 Å². The van der Waals surface area contributed by atoms with Crippen LogP contribution in [0.4, 0.5) is 5.69 Å². The first kappa shape index (κ1) is 17.3. The highest BCUT2D eigenvalue weighted by molar-refractivity contribution is 6.01. The Bertz CT molecular complexity index is 598. The highest BCUT2D eigenvalue weighted by Crippen LogP contribution is 2.34. The smallest absolute Gasteiger partial charge is 0.227 e. The standard InChI is InChI=1S/C18H26N2O3/c1-12(2)10-19(4)18(22)14-9-17(21)20(11-14)15-8-13(3)6-7-16(15)23-5/h6-8,12,14H,9-11H2,1-5H3. The summed E-state index contributed by atoms with van der Waals surface area (Å²) in [5.74, 6) is 0.810. The summed E-state index contributed by atoms with van der Waals surface area (Å²) < 4.78 is 5.37. The summed E-state index contributed by atoms with van der Waals surface area (Å²) in [6, 6.07) is 5.74. The molecule has 0 aromatic heterocycles. The summed E-state index contributed by atoms with van der Waals surface area (Å²) in [6.07, 6.45) is 0.262. The summed E-state index contributed by atoms with van der Waals surface area (Å²) in [5.41, 5.74) is 1.81. The summed E-state index contributed by atoms with van der Waals surface area (Å²) >= 11 is 0. The van der Waals surface area contributed by atoms with Gasteiger partial charge in [-0.2, -0.15) is 0 Å². The first-order valence-corrected chi connectivity index (χ1v) is 8.03. The number of carbonyl (C=O) groups is 2. The molecule has 5 nitrogen and oxygen atoms in total. The molecule has 0 N–H and O–H groups in total. The molecule has 126 valence electrons. The minimum atomic E-state index is -0.281. The van der Waals surface area contributed by atoms with Crippen LogP contribution in [0.3, 0.4) is 0 Å². The quantitative estimate of drug-likeness (QED) is 0.838. The molecule has 1 aliphatic heterocycles. The molecule has 1 aromatic rings. The van der Waals surface area contributed by atoms with E-state index in [9.17, 15) is 9.59 Å². The molecule has 1 saturated heterocycles. The van der Waals surface area contributed by atoms with Crippen molar-refractivity contribution in [3.63, 3.8) is 0 Å². The lowest BCUT2D eigenvalue weighted by Crippen LogP contribution is -2.36. The molecular formula is C18H26N2O3. The van der Waals surface area contributed by atoms with Gasteiger partial charge >= 0.3 is 0 Å². The van der Waals surface area contributed by atoms with Crippen LogP contribution in [-0.2, 0) is 9.59 Å². The predicted octanol–water partition coefficient (Wildman–Crippen LogP) is 2.47. The first-order valence-electron chi connectivity index (χ1n) is 8.03. The number of anilines is 1. The molecular weight excluding hydrogens is 292 g/mol. The van der Waals surface area contributed by atoms with E-state index >= 15 is 0 Å². The van der Waals surface area contributed by atoms with Crippen molar-refractivity contribution in [2.75, 3.05) is 32.1 Å². The number of rotatable bonds is 5. The van der Waals surface area contributed by atoms with Crippen LogP contribution in [0.1, 0.15) is 25.8 Å². The number of carbonyl (C=O) groups excluding carboxylic acids is 2. The molecule has 0 bridgehead atoms. The van der Waals surface area contributed by atoms with Crippen molar-refractivity contribution in [2.24, 2.45) is 11.8 Å². The molecule has 1 fully saturated rings. The minimum absolute atomic E-state index is 0.0230. The van der Waals surface area contributed by atoms with Crippen LogP contribution in [0.25, 0.3) is 0 Å². The van der Waals surface area contributed by atoms with E-state index in [0.717, 1.165) is 11.3 Å². The van der Waals surface area contributed by atoms with Crippen LogP contribution in [0.15, 0.2) is 18.2 Å². The van der Waals surface area contributed by atoms with E-state index < -0.39 is 0 Å². The SMILES string of the molecule is COc1ccc(C)cc1N1CC(C(=O)N(C)CC(C)C)CC1=O. The van der Waals surface area contributed by atoms with E-state index in [1.54, 1.807) is 16.9 Å². The zero-order valence-corrected chi connectivity index (χ0v) is 14.6. The number of aryl methyl sites for hydroxylation is 1. The van der Waals surface area contributed by atoms with Gasteiger partial charge in [0.15, 0.2) is 0 Å². The van der Waals surface area contributed by atoms with Gasteiger partial charge in [0, 0.05) is 26.6 Å². The van der Waals surface area contributed by atoms with Crippen molar-refractivity contribution in [3.05, 3.63) is 23.8 Å². The molecule has 23 heavy (non-hydrogen) atoms. The topological polar surface area (TPSA) is 49.9 Å². The Hall–Kier alpha value is -2.04. The van der Waals surface area contributed by atoms with Gasteiger partial charge in [0.05, 0.1) is 18.7 Å². The van der Waals surface area contributed by atoms with Crippen molar-refractivity contribution in [1.29, 1.82) is 0 Å². The first-order chi connectivity index (χ1) is 10.8. The van der Waals surface area contributed by atoms with Crippen LogP contribution in [0, 0.1) is 18.8 Å². The van der Waals surface area contributed by atoms with Crippen LogP contribution in [0.5, 0.6) is 5.75 Å². The van der Waals surface area contributed by atoms with Gasteiger partial charge in [0.1, 0.15) is 5.75 Å². The van der Waals surface area contributed by atoms with E-state index in [4.69, 9.17) is 4.74 Å². The number of hydrogen-bond acceptors (Lipinski definition) is 3. The van der Waals surface area contributed by atoms with Gasteiger partial charge in [-0.1, -0.05) is 19.9 Å². The molecule has 1 heterocycles. The van der Waals surface area contributed by atoms with E-state index in [1.807, 2.05) is 32.2 Å². The molecule has 1 unspecified atom stereocenters. The molecule has 1 aliphatic rings. The van der Waals surface area contributed by atoms with E-state index in [0.29, 0.717) is 24.8 Å². The van der Waals surface area contributed by atoms with Crippen LogP contribution >= 0.6 is 0 Å². The molecule has 1 aromatic carbocycles. The van der Waals surface area contributed by atoms with Crippen molar-refractivity contribution in [3.8, 4) is 5.75 Å². The van der Waals surface area contributed by atoms with Crippen molar-refractivity contribution in [2.45, 2.75) is 27.2 Å². The lowest BCUT2D eigenvalue weighted by Gasteiger charge is -2.23. The van der Waals surface area contributed by atoms with Gasteiger partial charge in [-0.25, -0.2) is 0 Å². The highest BCUT2D eigenvalue weighted by Gasteiger charge is 2.37. The number of ether oxygens (including phenoxy) is 1. The number of nitrogens with zero attached hydrogens (tertiary/aromatic N) is 2. The number of amides is 2. The average Bonchev–Trinajstić information content (AvgIpc) is 2.87. The average molecular weight is 318 g/mol. The van der Waals surface area contributed by atoms with E-state index in [1.165, 1.54) is 0 Å². The van der Waals surface area contributed by atoms with Crippen LogP contribution < -0.4 is 9.64 Å². The maximum atomic E-state index is 12.5. The maximum Gasteiger partial charge on any atom is 0.227 e.